The first kappa shape index (κ1) is 15.0. The van der Waals surface area contributed by atoms with Crippen molar-refractivity contribution in [3.05, 3.63) is 22.4 Å². The van der Waals surface area contributed by atoms with Crippen molar-refractivity contribution in [2.45, 2.75) is 30.6 Å². The van der Waals surface area contributed by atoms with Crippen LogP contribution in [0.25, 0.3) is 0 Å². The molecule has 22 heavy (non-hydrogen) atoms. The molecule has 0 bridgehead atoms. The summed E-state index contributed by atoms with van der Waals surface area (Å²) >= 11 is 2.77. The molecular weight excluding hydrogens is 324 g/mol. The monoisotopic (exact) mass is 338 g/mol. The number of aromatic nitrogens is 4. The summed E-state index contributed by atoms with van der Waals surface area (Å²) in [5.74, 6) is -0.279. The maximum absolute atomic E-state index is 11.7. The number of hydrogen-bond acceptors (Lipinski definition) is 7. The van der Waals surface area contributed by atoms with Crippen molar-refractivity contribution in [1.29, 1.82) is 0 Å². The van der Waals surface area contributed by atoms with E-state index in [0.717, 1.165) is 17.7 Å². The minimum absolute atomic E-state index is 0.0967. The van der Waals surface area contributed by atoms with Crippen LogP contribution in [-0.4, -0.2) is 37.9 Å². The number of nitrogens with zero attached hydrogens (tertiary/aromatic N) is 4. The maximum atomic E-state index is 11.7. The van der Waals surface area contributed by atoms with Gasteiger partial charge in [0.05, 0.1) is 18.3 Å². The number of tetrazole rings is 1. The molecule has 2 aromatic rings. The van der Waals surface area contributed by atoms with E-state index in [-0.39, 0.29) is 11.7 Å². The molecule has 1 aliphatic rings. The molecule has 2 aromatic heterocycles. The molecule has 3 rings (SSSR count). The number of urea groups is 1. The summed E-state index contributed by atoms with van der Waals surface area (Å²) in [5.41, 5.74) is 0. The molecule has 0 aliphatic heterocycles. The zero-order valence-corrected chi connectivity index (χ0v) is 13.2. The molecule has 0 spiro atoms. The molecule has 0 aromatic carbocycles. The zero-order chi connectivity index (χ0) is 15.4. The third kappa shape index (κ3) is 4.04. The van der Waals surface area contributed by atoms with Gasteiger partial charge >= 0.3 is 6.03 Å². The topological polar surface area (TPSA) is 102 Å². The number of imide groups is 1. The molecule has 8 nitrogen and oxygen atoms in total. The standard InChI is InChI=1S/C12H14N6O2S2/c19-10(14-11(20)13-6-9-2-1-5-21-9)7-22-12-15-16-17-18(12)8-3-4-8/h1-2,5,8H,3-4,6-7H2,(H2,13,14,19,20). The maximum Gasteiger partial charge on any atom is 0.321 e. The largest absolute Gasteiger partial charge is 0.333 e. The van der Waals surface area contributed by atoms with Gasteiger partial charge in [0.2, 0.25) is 11.1 Å². The molecule has 0 saturated heterocycles. The molecule has 3 amide bonds. The lowest BCUT2D eigenvalue weighted by atomic mass is 10.5. The minimum Gasteiger partial charge on any atom is -0.333 e. The van der Waals surface area contributed by atoms with Crippen LogP contribution in [0.4, 0.5) is 4.79 Å². The highest BCUT2D eigenvalue weighted by atomic mass is 32.2. The minimum atomic E-state index is -0.499. The molecule has 10 heteroatoms. The lowest BCUT2D eigenvalue weighted by Crippen LogP contribution is -2.39. The van der Waals surface area contributed by atoms with Crippen molar-refractivity contribution >= 4 is 35.0 Å². The second-order valence-electron chi connectivity index (χ2n) is 4.74. The van der Waals surface area contributed by atoms with E-state index in [1.807, 2.05) is 17.5 Å². The highest BCUT2D eigenvalue weighted by Crippen LogP contribution is 2.36. The highest BCUT2D eigenvalue weighted by Gasteiger charge is 2.28. The Morgan fingerprint density at radius 3 is 3.05 bits per heavy atom. The van der Waals surface area contributed by atoms with Gasteiger partial charge in [-0.15, -0.1) is 16.4 Å². The fraction of sp³-hybridized carbons (Fsp3) is 0.417. The highest BCUT2D eigenvalue weighted by molar-refractivity contribution is 7.99. The SMILES string of the molecule is O=C(CSc1nnnn1C1CC1)NC(=O)NCc1cccs1. The predicted octanol–water partition coefficient (Wildman–Crippen LogP) is 1.19. The number of hydrogen-bond donors (Lipinski definition) is 2. The van der Waals surface area contributed by atoms with Crippen LogP contribution in [0, 0.1) is 0 Å². The van der Waals surface area contributed by atoms with Gasteiger partial charge in [-0.1, -0.05) is 17.8 Å². The molecule has 0 radical (unpaired) electrons. The Morgan fingerprint density at radius 1 is 1.45 bits per heavy atom. The lowest BCUT2D eigenvalue weighted by molar-refractivity contribution is -0.117. The molecule has 2 N–H and O–H groups in total. The van der Waals surface area contributed by atoms with Crippen LogP contribution in [0.5, 0.6) is 0 Å². The number of amides is 3. The molecule has 116 valence electrons. The van der Waals surface area contributed by atoms with E-state index in [2.05, 4.69) is 26.2 Å². The van der Waals surface area contributed by atoms with Gasteiger partial charge in [0.1, 0.15) is 0 Å². The van der Waals surface area contributed by atoms with Crippen molar-refractivity contribution in [3.8, 4) is 0 Å². The second-order valence-corrected chi connectivity index (χ2v) is 6.71. The van der Waals surface area contributed by atoms with Crippen molar-refractivity contribution in [2.24, 2.45) is 0 Å². The van der Waals surface area contributed by atoms with Gasteiger partial charge in [-0.3, -0.25) is 10.1 Å². The summed E-state index contributed by atoms with van der Waals surface area (Å²) in [5, 5.41) is 18.9. The Kier molecular flexibility index (Phi) is 4.68. The first-order chi connectivity index (χ1) is 10.7. The van der Waals surface area contributed by atoms with Gasteiger partial charge in [-0.25, -0.2) is 9.48 Å². The number of nitrogens with one attached hydrogen (secondary N) is 2. The third-order valence-corrected chi connectivity index (χ3v) is 4.75. The van der Waals surface area contributed by atoms with Gasteiger partial charge in [-0.2, -0.15) is 0 Å². The van der Waals surface area contributed by atoms with Gasteiger partial charge in [0.15, 0.2) is 0 Å². The molecule has 1 saturated carbocycles. The number of carbonyl (C=O) groups is 2. The first-order valence-electron chi connectivity index (χ1n) is 6.73. The fourth-order valence-corrected chi connectivity index (χ4v) is 3.14. The Balaban J connectivity index is 1.40. The molecule has 0 atom stereocenters. The average molecular weight is 338 g/mol. The quantitative estimate of drug-likeness (QED) is 0.767. The van der Waals surface area contributed by atoms with E-state index in [4.69, 9.17) is 0 Å². The smallest absolute Gasteiger partial charge is 0.321 e. The fourth-order valence-electron chi connectivity index (χ4n) is 1.75. The van der Waals surface area contributed by atoms with Gasteiger partial charge in [0.25, 0.3) is 0 Å². The Bertz CT molecular complexity index is 652. The first-order valence-corrected chi connectivity index (χ1v) is 8.59. The summed E-state index contributed by atoms with van der Waals surface area (Å²) < 4.78 is 1.73. The summed E-state index contributed by atoms with van der Waals surface area (Å²) in [6.07, 6.45) is 2.13. The van der Waals surface area contributed by atoms with E-state index in [9.17, 15) is 9.59 Å². The normalized spacial score (nSPS) is 13.8. The average Bonchev–Trinajstić information content (AvgIpc) is 3.03. The van der Waals surface area contributed by atoms with Crippen LogP contribution in [0.15, 0.2) is 22.7 Å². The zero-order valence-electron chi connectivity index (χ0n) is 11.6. The van der Waals surface area contributed by atoms with Crippen molar-refractivity contribution in [2.75, 3.05) is 5.75 Å². The number of thioether (sulfide) groups is 1. The van der Waals surface area contributed by atoms with Crippen molar-refractivity contribution in [1.82, 2.24) is 30.8 Å². The van der Waals surface area contributed by atoms with Gasteiger partial charge in [-0.05, 0) is 34.7 Å². The third-order valence-electron chi connectivity index (χ3n) is 2.94. The Labute approximate surface area is 134 Å². The van der Waals surface area contributed by atoms with E-state index in [1.54, 1.807) is 16.0 Å². The predicted molar refractivity (Wildman–Crippen MR) is 81.5 cm³/mol. The Morgan fingerprint density at radius 2 is 2.32 bits per heavy atom. The van der Waals surface area contributed by atoms with Crippen LogP contribution in [0.3, 0.4) is 0 Å². The molecule has 2 heterocycles. The van der Waals surface area contributed by atoms with Crippen LogP contribution in [0.1, 0.15) is 23.8 Å². The molecule has 1 fully saturated rings. The summed E-state index contributed by atoms with van der Waals surface area (Å²) in [7, 11) is 0. The second kappa shape index (κ2) is 6.88. The molecule has 0 unspecified atom stereocenters. The van der Waals surface area contributed by atoms with Crippen LogP contribution < -0.4 is 10.6 Å². The number of thiophene rings is 1. The van der Waals surface area contributed by atoms with Crippen LogP contribution in [-0.2, 0) is 11.3 Å². The number of carbonyl (C=O) groups excluding carboxylic acids is 2. The summed E-state index contributed by atoms with van der Waals surface area (Å²) in [6.45, 7) is 0.407. The van der Waals surface area contributed by atoms with Crippen LogP contribution in [0.2, 0.25) is 0 Å². The molecule has 1 aliphatic carbocycles. The lowest BCUT2D eigenvalue weighted by Gasteiger charge is -2.05. The summed E-state index contributed by atoms with van der Waals surface area (Å²) in [6, 6.07) is 3.68. The van der Waals surface area contributed by atoms with Crippen LogP contribution >= 0.6 is 23.1 Å². The van der Waals surface area contributed by atoms with Gasteiger partial charge < -0.3 is 5.32 Å². The van der Waals surface area contributed by atoms with E-state index >= 15 is 0 Å². The van der Waals surface area contributed by atoms with E-state index < -0.39 is 6.03 Å². The van der Waals surface area contributed by atoms with Gasteiger partial charge in [0, 0.05) is 4.88 Å². The van der Waals surface area contributed by atoms with Crippen molar-refractivity contribution in [3.63, 3.8) is 0 Å². The summed E-state index contributed by atoms with van der Waals surface area (Å²) in [4.78, 5) is 24.4. The van der Waals surface area contributed by atoms with E-state index in [0.29, 0.717) is 17.7 Å². The molecular formula is C12H14N6O2S2. The van der Waals surface area contributed by atoms with E-state index in [1.165, 1.54) is 11.8 Å². The van der Waals surface area contributed by atoms with Crippen molar-refractivity contribution < 1.29 is 9.59 Å². The number of rotatable bonds is 6. The Hall–Kier alpha value is -1.94.